The molecule has 280 valence electrons. The van der Waals surface area contributed by atoms with E-state index in [1.807, 2.05) is 0 Å². The van der Waals surface area contributed by atoms with Gasteiger partial charge in [0, 0.05) is 6.42 Å². The highest BCUT2D eigenvalue weighted by Crippen LogP contribution is 2.08. The van der Waals surface area contributed by atoms with Gasteiger partial charge in [-0.15, -0.1) is 0 Å². The zero-order chi connectivity index (χ0) is 34.1. The average Bonchev–Trinajstić information content (AvgIpc) is 3.08. The molecule has 0 spiro atoms. The van der Waals surface area contributed by atoms with Crippen molar-refractivity contribution in [3.63, 3.8) is 0 Å². The molecule has 0 atom stereocenters. The summed E-state index contributed by atoms with van der Waals surface area (Å²) < 4.78 is 63.6. The molecule has 0 aliphatic rings. The molecule has 0 aliphatic heterocycles. The number of methoxy groups -OCH3 is 1. The Kier molecular flexibility index (Phi) is 39.4. The fraction of sp³-hybridized carbons (Fsp3) is 0.939. The molecule has 0 heterocycles. The van der Waals surface area contributed by atoms with E-state index in [4.69, 9.17) is 52.1 Å². The first kappa shape index (κ1) is 45.5. The molecule has 0 aromatic rings. The van der Waals surface area contributed by atoms with Crippen LogP contribution in [0.2, 0.25) is 0 Å². The summed E-state index contributed by atoms with van der Waals surface area (Å²) in [4.78, 5) is 22.6. The predicted molar refractivity (Wildman–Crippen MR) is 174 cm³/mol. The Balaban J connectivity index is 3.11. The van der Waals surface area contributed by atoms with Gasteiger partial charge in [0.15, 0.2) is 0 Å². The first-order valence-corrected chi connectivity index (χ1v) is 17.2. The van der Waals surface area contributed by atoms with E-state index in [9.17, 15) is 9.59 Å². The lowest BCUT2D eigenvalue weighted by atomic mass is 10.1. The number of unbranched alkanes of at least 4 members (excludes halogenated alkanes) is 6. The van der Waals surface area contributed by atoms with Crippen LogP contribution in [0.15, 0.2) is 0 Å². The molecule has 0 rings (SSSR count). The Morgan fingerprint density at radius 3 is 1.00 bits per heavy atom. The lowest BCUT2D eigenvalue weighted by molar-refractivity contribution is -0.146. The highest BCUT2D eigenvalue weighted by molar-refractivity contribution is 5.70. The second-order valence-corrected chi connectivity index (χ2v) is 10.2. The Morgan fingerprint density at radius 2 is 0.660 bits per heavy atom. The largest absolute Gasteiger partial charge is 0.467 e. The minimum atomic E-state index is -0.409. The zero-order valence-corrected chi connectivity index (χ0v) is 29.2. The molecule has 47 heavy (non-hydrogen) atoms. The molecular weight excluding hydrogens is 620 g/mol. The number of carbonyl (C=O) groups excluding carboxylic acids is 2. The van der Waals surface area contributed by atoms with Crippen LogP contribution in [-0.2, 0) is 66.4 Å². The van der Waals surface area contributed by atoms with Crippen molar-refractivity contribution in [2.75, 3.05) is 146 Å². The Morgan fingerprint density at radius 1 is 0.362 bits per heavy atom. The van der Waals surface area contributed by atoms with E-state index in [1.165, 1.54) is 39.2 Å². The topological polar surface area (TPSA) is 145 Å². The highest BCUT2D eigenvalue weighted by Gasteiger charge is 2.03. The molecule has 14 nitrogen and oxygen atoms in total. The van der Waals surface area contributed by atoms with E-state index in [0.29, 0.717) is 132 Å². The van der Waals surface area contributed by atoms with Gasteiger partial charge in [0.05, 0.1) is 133 Å². The van der Waals surface area contributed by atoms with Crippen molar-refractivity contribution in [1.82, 2.24) is 0 Å². The first-order chi connectivity index (χ1) is 23.2. The van der Waals surface area contributed by atoms with Crippen molar-refractivity contribution >= 4 is 11.9 Å². The first-order valence-electron chi connectivity index (χ1n) is 17.2. The third-order valence-corrected chi connectivity index (χ3v) is 6.27. The van der Waals surface area contributed by atoms with E-state index in [-0.39, 0.29) is 19.2 Å². The average molecular weight is 685 g/mol. The van der Waals surface area contributed by atoms with Crippen molar-refractivity contribution < 1.29 is 66.4 Å². The van der Waals surface area contributed by atoms with Crippen molar-refractivity contribution in [3.8, 4) is 0 Å². The van der Waals surface area contributed by atoms with Crippen LogP contribution in [0.1, 0.15) is 58.3 Å². The molecule has 0 saturated carbocycles. The summed E-state index contributed by atoms with van der Waals surface area (Å²) in [6.07, 6.45) is 8.77. The summed E-state index contributed by atoms with van der Waals surface area (Å²) in [5, 5.41) is 0. The summed E-state index contributed by atoms with van der Waals surface area (Å²) in [5.41, 5.74) is 0. The smallest absolute Gasteiger partial charge is 0.331 e. The molecule has 0 aromatic heterocycles. The van der Waals surface area contributed by atoms with Gasteiger partial charge >= 0.3 is 11.9 Å². The summed E-state index contributed by atoms with van der Waals surface area (Å²) in [7, 11) is 1.31. The normalized spacial score (nSPS) is 11.3. The van der Waals surface area contributed by atoms with Crippen molar-refractivity contribution in [2.45, 2.75) is 58.3 Å². The highest BCUT2D eigenvalue weighted by atomic mass is 16.6. The van der Waals surface area contributed by atoms with Gasteiger partial charge in [-0.1, -0.05) is 45.4 Å². The predicted octanol–water partition coefficient (Wildman–Crippen LogP) is 3.01. The summed E-state index contributed by atoms with van der Waals surface area (Å²) in [6.45, 7) is 11.1. The molecule has 0 aromatic carbocycles. The molecule has 14 heteroatoms. The monoisotopic (exact) mass is 684 g/mol. The van der Waals surface area contributed by atoms with Gasteiger partial charge in [-0.2, -0.15) is 0 Å². The Bertz CT molecular complexity index is 640. The van der Waals surface area contributed by atoms with E-state index in [0.717, 1.165) is 12.8 Å². The summed E-state index contributed by atoms with van der Waals surface area (Å²) >= 11 is 0. The molecule has 0 amide bonds. The van der Waals surface area contributed by atoms with Crippen LogP contribution in [0.5, 0.6) is 0 Å². The fourth-order valence-electron chi connectivity index (χ4n) is 3.71. The molecule has 0 fully saturated rings. The molecule has 0 bridgehead atoms. The third-order valence-electron chi connectivity index (χ3n) is 6.27. The van der Waals surface area contributed by atoms with Gasteiger partial charge < -0.3 is 56.8 Å². The fourth-order valence-corrected chi connectivity index (χ4v) is 3.71. The minimum Gasteiger partial charge on any atom is -0.467 e. The molecule has 0 aliphatic carbocycles. The van der Waals surface area contributed by atoms with Crippen LogP contribution in [0.3, 0.4) is 0 Å². The third kappa shape index (κ3) is 40.6. The van der Waals surface area contributed by atoms with E-state index < -0.39 is 5.97 Å². The van der Waals surface area contributed by atoms with Gasteiger partial charge in [0.1, 0.15) is 13.2 Å². The van der Waals surface area contributed by atoms with Gasteiger partial charge in [0.25, 0.3) is 0 Å². The molecule has 0 radical (unpaired) electrons. The SMILES string of the molecule is CCCCCCCCCC(=O)OCCOCCOCCOCCOCCOCCOCCOCCOCCOCCOCC(=O)OC. The lowest BCUT2D eigenvalue weighted by Crippen LogP contribution is -2.16. The maximum absolute atomic E-state index is 11.7. The van der Waals surface area contributed by atoms with Crippen LogP contribution >= 0.6 is 0 Å². The van der Waals surface area contributed by atoms with Gasteiger partial charge in [0.2, 0.25) is 0 Å². The number of carbonyl (C=O) groups is 2. The number of hydrogen-bond acceptors (Lipinski definition) is 14. The number of rotatable bonds is 40. The van der Waals surface area contributed by atoms with E-state index in [2.05, 4.69) is 11.7 Å². The maximum Gasteiger partial charge on any atom is 0.331 e. The lowest BCUT2D eigenvalue weighted by Gasteiger charge is -2.09. The summed E-state index contributed by atoms with van der Waals surface area (Å²) in [6, 6.07) is 0. The Hall–Kier alpha value is -1.46. The van der Waals surface area contributed by atoms with Crippen LogP contribution < -0.4 is 0 Å². The van der Waals surface area contributed by atoms with E-state index in [1.54, 1.807) is 0 Å². The molecule has 0 N–H and O–H groups in total. The quantitative estimate of drug-likeness (QED) is 0.0689. The van der Waals surface area contributed by atoms with Gasteiger partial charge in [-0.3, -0.25) is 4.79 Å². The van der Waals surface area contributed by atoms with Crippen LogP contribution in [0.25, 0.3) is 0 Å². The number of hydrogen-bond donors (Lipinski definition) is 0. The number of ether oxygens (including phenoxy) is 12. The second-order valence-electron chi connectivity index (χ2n) is 10.2. The van der Waals surface area contributed by atoms with Crippen molar-refractivity contribution in [2.24, 2.45) is 0 Å². The molecule has 0 saturated heterocycles. The Labute approximate surface area is 282 Å². The minimum absolute atomic E-state index is 0.0724. The zero-order valence-electron chi connectivity index (χ0n) is 29.2. The summed E-state index contributed by atoms with van der Waals surface area (Å²) in [5.74, 6) is -0.554. The molecular formula is C33H64O14. The van der Waals surface area contributed by atoms with Gasteiger partial charge in [-0.05, 0) is 6.42 Å². The van der Waals surface area contributed by atoms with Crippen LogP contribution in [-0.4, -0.2) is 158 Å². The van der Waals surface area contributed by atoms with Crippen LogP contribution in [0, 0.1) is 0 Å². The standard InChI is InChI=1S/C33H64O14/c1-3-4-5-6-7-8-9-10-32(34)47-30-29-45-26-25-43-22-21-41-18-17-39-14-13-37-11-12-38-15-16-40-19-20-42-23-24-44-27-28-46-31-33(35)36-2/h3-31H2,1-2H3. The molecule has 0 unspecified atom stereocenters. The second kappa shape index (κ2) is 40.7. The van der Waals surface area contributed by atoms with E-state index >= 15 is 0 Å². The maximum atomic E-state index is 11.7. The van der Waals surface area contributed by atoms with Gasteiger partial charge in [-0.25, -0.2) is 4.79 Å². The van der Waals surface area contributed by atoms with Crippen LogP contribution in [0.4, 0.5) is 0 Å². The van der Waals surface area contributed by atoms with Crippen molar-refractivity contribution in [3.05, 3.63) is 0 Å². The van der Waals surface area contributed by atoms with Crippen molar-refractivity contribution in [1.29, 1.82) is 0 Å². The number of esters is 2.